The Hall–Kier alpha value is -1.51. The number of aryl methyl sites for hydroxylation is 1. The first-order chi connectivity index (χ1) is 7.54. The van der Waals surface area contributed by atoms with Crippen LogP contribution < -0.4 is 4.74 Å². The van der Waals surface area contributed by atoms with Gasteiger partial charge in [0.1, 0.15) is 11.3 Å². The van der Waals surface area contributed by atoms with Crippen LogP contribution in [0.3, 0.4) is 0 Å². The maximum absolute atomic E-state index is 11.8. The van der Waals surface area contributed by atoms with Gasteiger partial charge in [0.15, 0.2) is 0 Å². The van der Waals surface area contributed by atoms with E-state index in [1.54, 1.807) is 19.2 Å². The van der Waals surface area contributed by atoms with Crippen molar-refractivity contribution in [2.45, 2.75) is 20.8 Å². The standard InChI is InChI=1S/C13H18O3/c1-9(2)8-16-13(14)11-7-10(3)5-6-12(11)15-4/h5-7,9H,8H2,1-4H3. The van der Waals surface area contributed by atoms with Crippen molar-refractivity contribution in [3.63, 3.8) is 0 Å². The Kier molecular flexibility index (Phi) is 4.35. The van der Waals surface area contributed by atoms with Crippen molar-refractivity contribution in [3.8, 4) is 5.75 Å². The molecule has 16 heavy (non-hydrogen) atoms. The van der Waals surface area contributed by atoms with E-state index in [1.165, 1.54) is 0 Å². The average molecular weight is 222 g/mol. The molecule has 0 amide bonds. The predicted octanol–water partition coefficient (Wildman–Crippen LogP) is 2.82. The number of hydrogen-bond donors (Lipinski definition) is 0. The molecule has 0 N–H and O–H groups in total. The molecule has 3 heteroatoms. The highest BCUT2D eigenvalue weighted by Crippen LogP contribution is 2.20. The molecule has 0 saturated carbocycles. The van der Waals surface area contributed by atoms with Crippen LogP contribution >= 0.6 is 0 Å². The Morgan fingerprint density at radius 3 is 2.62 bits per heavy atom. The van der Waals surface area contributed by atoms with Crippen LogP contribution in [0.4, 0.5) is 0 Å². The van der Waals surface area contributed by atoms with Crippen molar-refractivity contribution in [2.75, 3.05) is 13.7 Å². The first-order valence-electron chi connectivity index (χ1n) is 5.36. The van der Waals surface area contributed by atoms with Crippen molar-refractivity contribution >= 4 is 5.97 Å². The zero-order valence-electron chi connectivity index (χ0n) is 10.2. The molecule has 1 aromatic rings. The van der Waals surface area contributed by atoms with Crippen molar-refractivity contribution in [1.82, 2.24) is 0 Å². The molecule has 0 aliphatic carbocycles. The minimum Gasteiger partial charge on any atom is -0.496 e. The van der Waals surface area contributed by atoms with Gasteiger partial charge in [-0.1, -0.05) is 25.5 Å². The number of ether oxygens (including phenoxy) is 2. The van der Waals surface area contributed by atoms with Crippen LogP contribution in [0.1, 0.15) is 29.8 Å². The molecule has 1 aromatic carbocycles. The van der Waals surface area contributed by atoms with Gasteiger partial charge in [-0.2, -0.15) is 0 Å². The number of rotatable bonds is 4. The number of benzene rings is 1. The summed E-state index contributed by atoms with van der Waals surface area (Å²) in [5, 5.41) is 0. The van der Waals surface area contributed by atoms with E-state index in [0.29, 0.717) is 23.8 Å². The second-order valence-corrected chi connectivity index (χ2v) is 4.20. The van der Waals surface area contributed by atoms with Gasteiger partial charge in [0.05, 0.1) is 13.7 Å². The van der Waals surface area contributed by atoms with E-state index >= 15 is 0 Å². The highest BCUT2D eigenvalue weighted by Gasteiger charge is 2.14. The third-order valence-corrected chi connectivity index (χ3v) is 2.12. The van der Waals surface area contributed by atoms with Gasteiger partial charge < -0.3 is 9.47 Å². The van der Waals surface area contributed by atoms with Crippen molar-refractivity contribution in [1.29, 1.82) is 0 Å². The van der Waals surface area contributed by atoms with Gasteiger partial charge in [-0.25, -0.2) is 4.79 Å². The average Bonchev–Trinajstić information content (AvgIpc) is 2.25. The molecule has 88 valence electrons. The smallest absolute Gasteiger partial charge is 0.341 e. The fourth-order valence-electron chi connectivity index (χ4n) is 1.30. The van der Waals surface area contributed by atoms with E-state index in [0.717, 1.165) is 5.56 Å². The van der Waals surface area contributed by atoms with E-state index in [-0.39, 0.29) is 5.97 Å². The molecule has 0 saturated heterocycles. The molecular weight excluding hydrogens is 204 g/mol. The van der Waals surface area contributed by atoms with Gasteiger partial charge in [0, 0.05) is 0 Å². The fraction of sp³-hybridized carbons (Fsp3) is 0.462. The largest absolute Gasteiger partial charge is 0.496 e. The molecule has 0 aliphatic rings. The highest BCUT2D eigenvalue weighted by molar-refractivity contribution is 5.92. The summed E-state index contributed by atoms with van der Waals surface area (Å²) >= 11 is 0. The number of hydrogen-bond acceptors (Lipinski definition) is 3. The minimum atomic E-state index is -0.325. The summed E-state index contributed by atoms with van der Waals surface area (Å²) in [5.74, 6) is 0.563. The van der Waals surface area contributed by atoms with Gasteiger partial charge in [0.25, 0.3) is 0 Å². The van der Waals surface area contributed by atoms with Crippen LogP contribution in [0, 0.1) is 12.8 Å². The molecule has 0 heterocycles. The van der Waals surface area contributed by atoms with Crippen LogP contribution in [0.5, 0.6) is 5.75 Å². The minimum absolute atomic E-state index is 0.325. The first-order valence-corrected chi connectivity index (χ1v) is 5.36. The summed E-state index contributed by atoms with van der Waals surface area (Å²) in [6, 6.07) is 5.46. The van der Waals surface area contributed by atoms with E-state index in [2.05, 4.69) is 0 Å². The molecule has 0 aliphatic heterocycles. The SMILES string of the molecule is COc1ccc(C)cc1C(=O)OCC(C)C. The summed E-state index contributed by atoms with van der Waals surface area (Å²) in [6.45, 7) is 6.36. The zero-order valence-corrected chi connectivity index (χ0v) is 10.2. The Balaban J connectivity index is 2.84. The Morgan fingerprint density at radius 1 is 1.38 bits per heavy atom. The Morgan fingerprint density at radius 2 is 2.06 bits per heavy atom. The van der Waals surface area contributed by atoms with Gasteiger partial charge in [-0.3, -0.25) is 0 Å². The van der Waals surface area contributed by atoms with Crippen LogP contribution in [-0.4, -0.2) is 19.7 Å². The van der Waals surface area contributed by atoms with Crippen LogP contribution in [0.25, 0.3) is 0 Å². The van der Waals surface area contributed by atoms with Crippen molar-refractivity contribution < 1.29 is 14.3 Å². The first kappa shape index (κ1) is 12.6. The lowest BCUT2D eigenvalue weighted by Gasteiger charge is -2.10. The lowest BCUT2D eigenvalue weighted by molar-refractivity contribution is 0.0455. The Bertz CT molecular complexity index is 369. The van der Waals surface area contributed by atoms with Crippen LogP contribution in [0.2, 0.25) is 0 Å². The molecule has 1 rings (SSSR count). The van der Waals surface area contributed by atoms with Gasteiger partial charge in [-0.15, -0.1) is 0 Å². The molecule has 0 aromatic heterocycles. The van der Waals surface area contributed by atoms with Crippen molar-refractivity contribution in [2.24, 2.45) is 5.92 Å². The predicted molar refractivity (Wildman–Crippen MR) is 62.9 cm³/mol. The molecule has 0 radical (unpaired) electrons. The van der Waals surface area contributed by atoms with E-state index in [4.69, 9.17) is 9.47 Å². The second kappa shape index (κ2) is 5.54. The molecular formula is C13H18O3. The molecule has 3 nitrogen and oxygen atoms in total. The fourth-order valence-corrected chi connectivity index (χ4v) is 1.30. The third kappa shape index (κ3) is 3.26. The maximum atomic E-state index is 11.8. The molecule has 0 bridgehead atoms. The second-order valence-electron chi connectivity index (χ2n) is 4.20. The van der Waals surface area contributed by atoms with Crippen LogP contribution in [0.15, 0.2) is 18.2 Å². The highest BCUT2D eigenvalue weighted by atomic mass is 16.5. The topological polar surface area (TPSA) is 35.5 Å². The zero-order chi connectivity index (χ0) is 12.1. The normalized spacial score (nSPS) is 10.3. The number of methoxy groups -OCH3 is 1. The third-order valence-electron chi connectivity index (χ3n) is 2.12. The maximum Gasteiger partial charge on any atom is 0.341 e. The summed E-state index contributed by atoms with van der Waals surface area (Å²) in [6.07, 6.45) is 0. The van der Waals surface area contributed by atoms with E-state index in [9.17, 15) is 4.79 Å². The number of carbonyl (C=O) groups is 1. The van der Waals surface area contributed by atoms with E-state index in [1.807, 2.05) is 26.8 Å². The summed E-state index contributed by atoms with van der Waals surface area (Å²) < 4.78 is 10.3. The molecule has 0 fully saturated rings. The lowest BCUT2D eigenvalue weighted by Crippen LogP contribution is -2.11. The molecule has 0 spiro atoms. The number of carbonyl (C=O) groups excluding carboxylic acids is 1. The monoisotopic (exact) mass is 222 g/mol. The number of esters is 1. The van der Waals surface area contributed by atoms with E-state index < -0.39 is 0 Å². The molecule has 0 unspecified atom stereocenters. The lowest BCUT2D eigenvalue weighted by atomic mass is 10.1. The van der Waals surface area contributed by atoms with Gasteiger partial charge in [0.2, 0.25) is 0 Å². The molecule has 0 atom stereocenters. The summed E-state index contributed by atoms with van der Waals surface area (Å²) in [4.78, 5) is 11.8. The van der Waals surface area contributed by atoms with Gasteiger partial charge in [-0.05, 0) is 25.0 Å². The summed E-state index contributed by atoms with van der Waals surface area (Å²) in [7, 11) is 1.55. The summed E-state index contributed by atoms with van der Waals surface area (Å²) in [5.41, 5.74) is 1.50. The Labute approximate surface area is 96.4 Å². The quantitative estimate of drug-likeness (QED) is 0.735. The van der Waals surface area contributed by atoms with Gasteiger partial charge >= 0.3 is 5.97 Å². The van der Waals surface area contributed by atoms with Crippen LogP contribution in [-0.2, 0) is 4.74 Å². The van der Waals surface area contributed by atoms with Crippen molar-refractivity contribution in [3.05, 3.63) is 29.3 Å².